The Morgan fingerprint density at radius 3 is 2.56 bits per heavy atom. The van der Waals surface area contributed by atoms with Crippen LogP contribution < -0.4 is 0 Å². The number of benzene rings is 1. The molecule has 0 heterocycles. The highest BCUT2D eigenvalue weighted by Crippen LogP contribution is 2.60. The van der Waals surface area contributed by atoms with Crippen LogP contribution in [0, 0.1) is 24.2 Å². The summed E-state index contributed by atoms with van der Waals surface area (Å²) in [7, 11) is 0. The molecule has 0 unspecified atom stereocenters. The normalized spacial score (nSPS) is 34.4. The van der Waals surface area contributed by atoms with Crippen molar-refractivity contribution in [2.45, 2.75) is 84.5 Å². The van der Waals surface area contributed by atoms with Gasteiger partial charge in [0.2, 0.25) is 0 Å². The maximum Gasteiger partial charge on any atom is 0.139 e. The van der Waals surface area contributed by atoms with Crippen molar-refractivity contribution in [3.05, 3.63) is 28.3 Å². The number of carbonyl (C=O) groups is 1. The topological polar surface area (TPSA) is 37.3 Å². The summed E-state index contributed by atoms with van der Waals surface area (Å²) in [6, 6.07) is 2.31. The number of fused-ring (bicyclic) bond motifs is 5. The molecule has 0 bridgehead atoms. The van der Waals surface area contributed by atoms with Crippen molar-refractivity contribution < 1.29 is 9.90 Å². The molecule has 1 aromatic carbocycles. The second-order valence-electron chi connectivity index (χ2n) is 10.0. The predicted octanol–water partition coefficient (Wildman–Crippen LogP) is 5.42. The van der Waals surface area contributed by atoms with Crippen molar-refractivity contribution in [1.29, 1.82) is 0 Å². The van der Waals surface area contributed by atoms with E-state index >= 15 is 0 Å². The van der Waals surface area contributed by atoms with E-state index in [1.54, 1.807) is 0 Å². The molecule has 3 aliphatic rings. The zero-order valence-corrected chi connectivity index (χ0v) is 16.4. The fourth-order valence-electron chi connectivity index (χ4n) is 6.27. The summed E-state index contributed by atoms with van der Waals surface area (Å²) in [5, 5.41) is 10.8. The van der Waals surface area contributed by atoms with Crippen molar-refractivity contribution in [3.63, 3.8) is 0 Å². The van der Waals surface area contributed by atoms with E-state index in [4.69, 9.17) is 0 Å². The summed E-state index contributed by atoms with van der Waals surface area (Å²) in [4.78, 5) is 12.5. The molecule has 4 rings (SSSR count). The fraction of sp³-hybridized carbons (Fsp3) is 0.696. The number of phenolic OH excluding ortho intramolecular Hbond substituents is 1. The Balaban J connectivity index is 1.80. The highest BCUT2D eigenvalue weighted by molar-refractivity contribution is 5.87. The van der Waals surface area contributed by atoms with E-state index in [9.17, 15) is 9.90 Å². The van der Waals surface area contributed by atoms with Gasteiger partial charge in [-0.25, -0.2) is 0 Å². The summed E-state index contributed by atoms with van der Waals surface area (Å²) in [5.74, 6) is 2.81. The molecular formula is C23H32O2. The SMILES string of the molecule is Cc1c(O)c(C(C)(C)C)cc2c1CC[C@@H]1[C@@H]2CC[C@]2(C)C(=O)CC[C@@H]12. The van der Waals surface area contributed by atoms with Crippen LogP contribution in [-0.2, 0) is 16.6 Å². The molecular weight excluding hydrogens is 308 g/mol. The van der Waals surface area contributed by atoms with Gasteiger partial charge >= 0.3 is 0 Å². The first kappa shape index (κ1) is 17.1. The van der Waals surface area contributed by atoms with Gasteiger partial charge in [-0.15, -0.1) is 0 Å². The van der Waals surface area contributed by atoms with Gasteiger partial charge in [0.25, 0.3) is 0 Å². The van der Waals surface area contributed by atoms with E-state index < -0.39 is 0 Å². The number of phenols is 1. The lowest BCUT2D eigenvalue weighted by Crippen LogP contribution is -2.42. The summed E-state index contributed by atoms with van der Waals surface area (Å²) in [6.07, 6.45) is 6.29. The molecule has 4 atom stereocenters. The molecule has 2 nitrogen and oxygen atoms in total. The molecule has 0 spiro atoms. The Morgan fingerprint density at radius 1 is 1.16 bits per heavy atom. The molecule has 136 valence electrons. The van der Waals surface area contributed by atoms with E-state index in [-0.39, 0.29) is 10.8 Å². The van der Waals surface area contributed by atoms with Crippen molar-refractivity contribution in [1.82, 2.24) is 0 Å². The van der Waals surface area contributed by atoms with Crippen molar-refractivity contribution >= 4 is 5.78 Å². The second kappa shape index (κ2) is 5.34. The van der Waals surface area contributed by atoms with E-state index in [1.165, 1.54) is 17.5 Å². The molecule has 3 aliphatic carbocycles. The molecule has 0 aliphatic heterocycles. The Morgan fingerprint density at radius 2 is 1.88 bits per heavy atom. The summed E-state index contributed by atoms with van der Waals surface area (Å²) < 4.78 is 0. The quantitative estimate of drug-likeness (QED) is 0.684. The molecule has 2 fully saturated rings. The third kappa shape index (κ3) is 2.32. The lowest BCUT2D eigenvalue weighted by Gasteiger charge is -2.48. The van der Waals surface area contributed by atoms with E-state index in [0.29, 0.717) is 29.3 Å². The number of rotatable bonds is 0. The van der Waals surface area contributed by atoms with Crippen LogP contribution in [0.15, 0.2) is 6.07 Å². The van der Waals surface area contributed by atoms with Gasteiger partial charge in [-0.1, -0.05) is 33.8 Å². The predicted molar refractivity (Wildman–Crippen MR) is 101 cm³/mol. The molecule has 25 heavy (non-hydrogen) atoms. The minimum atomic E-state index is -0.0580. The third-order valence-electron chi connectivity index (χ3n) is 7.79. The lowest BCUT2D eigenvalue weighted by molar-refractivity contribution is -0.129. The molecule has 0 saturated heterocycles. The average molecular weight is 341 g/mol. The van der Waals surface area contributed by atoms with Crippen LogP contribution in [0.1, 0.15) is 88.0 Å². The van der Waals surface area contributed by atoms with E-state index in [0.717, 1.165) is 43.2 Å². The van der Waals surface area contributed by atoms with Crippen LogP contribution in [0.3, 0.4) is 0 Å². The summed E-state index contributed by atoms with van der Waals surface area (Å²) >= 11 is 0. The number of aromatic hydroxyl groups is 1. The van der Waals surface area contributed by atoms with Crippen LogP contribution in [-0.4, -0.2) is 10.9 Å². The lowest BCUT2D eigenvalue weighted by atomic mass is 9.55. The van der Waals surface area contributed by atoms with Gasteiger partial charge in [0.1, 0.15) is 11.5 Å². The monoisotopic (exact) mass is 340 g/mol. The van der Waals surface area contributed by atoms with Crippen LogP contribution in [0.5, 0.6) is 5.75 Å². The fourth-order valence-corrected chi connectivity index (χ4v) is 6.27. The first-order chi connectivity index (χ1) is 11.6. The van der Waals surface area contributed by atoms with Gasteiger partial charge in [0.15, 0.2) is 0 Å². The van der Waals surface area contributed by atoms with Crippen LogP contribution in [0.4, 0.5) is 0 Å². The Labute approximate surface area is 152 Å². The van der Waals surface area contributed by atoms with Gasteiger partial charge in [-0.3, -0.25) is 4.79 Å². The second-order valence-corrected chi connectivity index (χ2v) is 10.0. The first-order valence-corrected chi connectivity index (χ1v) is 10.0. The van der Waals surface area contributed by atoms with Crippen molar-refractivity contribution in [3.8, 4) is 5.75 Å². The maximum atomic E-state index is 12.5. The van der Waals surface area contributed by atoms with E-state index in [1.807, 2.05) is 0 Å². The van der Waals surface area contributed by atoms with E-state index in [2.05, 4.69) is 40.7 Å². The van der Waals surface area contributed by atoms with Gasteiger partial charge < -0.3 is 5.11 Å². The maximum absolute atomic E-state index is 12.5. The summed E-state index contributed by atoms with van der Waals surface area (Å²) in [5.41, 5.74) is 4.94. The van der Waals surface area contributed by atoms with Crippen molar-refractivity contribution in [2.24, 2.45) is 17.3 Å². The minimum Gasteiger partial charge on any atom is -0.507 e. The smallest absolute Gasteiger partial charge is 0.139 e. The largest absolute Gasteiger partial charge is 0.507 e. The standard InChI is InChI=1S/C23H32O2/c1-13-14-6-7-16-15(10-11-23(5)18(16)8-9-20(23)24)17(14)12-19(21(13)25)22(2,3)4/h12,15-16,18,25H,6-11H2,1-5H3/t15-,16+,18-,23-/m0/s1. The average Bonchev–Trinajstić information content (AvgIpc) is 2.85. The molecule has 1 N–H and O–H groups in total. The van der Waals surface area contributed by atoms with Gasteiger partial charge in [-0.2, -0.15) is 0 Å². The molecule has 0 aromatic heterocycles. The van der Waals surface area contributed by atoms with Crippen LogP contribution >= 0.6 is 0 Å². The molecule has 0 amide bonds. The van der Waals surface area contributed by atoms with Gasteiger partial charge in [-0.05, 0) is 84.5 Å². The van der Waals surface area contributed by atoms with Gasteiger partial charge in [0.05, 0.1) is 0 Å². The number of ketones is 1. The van der Waals surface area contributed by atoms with Gasteiger partial charge in [0, 0.05) is 11.8 Å². The highest BCUT2D eigenvalue weighted by Gasteiger charge is 2.54. The number of hydrogen-bond acceptors (Lipinski definition) is 2. The minimum absolute atomic E-state index is 0.0523. The number of carbonyl (C=O) groups excluding carboxylic acids is 1. The number of hydrogen-bond donors (Lipinski definition) is 1. The zero-order valence-electron chi connectivity index (χ0n) is 16.4. The molecule has 1 aromatic rings. The molecule has 0 radical (unpaired) electrons. The zero-order chi connectivity index (χ0) is 18.1. The Kier molecular flexibility index (Phi) is 3.66. The molecule has 2 heteroatoms. The van der Waals surface area contributed by atoms with Crippen LogP contribution in [0.2, 0.25) is 0 Å². The Hall–Kier alpha value is -1.31. The third-order valence-corrected chi connectivity index (χ3v) is 7.79. The summed E-state index contributed by atoms with van der Waals surface area (Å²) in [6.45, 7) is 10.9. The van der Waals surface area contributed by atoms with Crippen molar-refractivity contribution in [2.75, 3.05) is 0 Å². The molecule has 2 saturated carbocycles. The first-order valence-electron chi connectivity index (χ1n) is 10.0. The van der Waals surface area contributed by atoms with Crippen LogP contribution in [0.25, 0.3) is 0 Å². The Bertz CT molecular complexity index is 739. The highest BCUT2D eigenvalue weighted by atomic mass is 16.3. The number of Topliss-reactive ketones (excluding diaryl/α,β-unsaturated/α-hetero) is 1.